The van der Waals surface area contributed by atoms with E-state index in [1.807, 2.05) is 0 Å². The highest BCUT2D eigenvalue weighted by molar-refractivity contribution is 5.73. The summed E-state index contributed by atoms with van der Waals surface area (Å²) in [5.74, 6) is -2.63. The van der Waals surface area contributed by atoms with Crippen molar-refractivity contribution in [3.05, 3.63) is 10.4 Å². The largest absolute Gasteiger partial charge is 0.463 e. The lowest BCUT2D eigenvalue weighted by molar-refractivity contribution is -0.241. The molecule has 0 aliphatic carbocycles. The number of carbonyl (C=O) groups is 4. The van der Waals surface area contributed by atoms with Gasteiger partial charge in [-0.1, -0.05) is 5.11 Å². The van der Waals surface area contributed by atoms with E-state index >= 15 is 0 Å². The molecule has 32 heavy (non-hydrogen) atoms. The first kappa shape index (κ1) is 29.1. The molecule has 0 fully saturated rings. The Hall–Kier alpha value is -2.93. The summed E-state index contributed by atoms with van der Waals surface area (Å²) in [6, 6.07) is -1.26. The molecule has 0 bridgehead atoms. The highest BCUT2D eigenvalue weighted by Crippen LogP contribution is 2.15. The second kappa shape index (κ2) is 16.7. The topological polar surface area (TPSA) is 184 Å². The Balaban J connectivity index is 5.48. The minimum atomic E-state index is -1.56. The van der Waals surface area contributed by atoms with Gasteiger partial charge in [-0.25, -0.2) is 0 Å². The number of ether oxygens (including phenoxy) is 6. The first-order chi connectivity index (χ1) is 15.1. The van der Waals surface area contributed by atoms with Gasteiger partial charge >= 0.3 is 17.9 Å². The number of nitrogens with zero attached hydrogens (tertiary/aromatic N) is 3. The van der Waals surface area contributed by atoms with Crippen molar-refractivity contribution < 1.29 is 47.6 Å². The predicted molar refractivity (Wildman–Crippen MR) is 107 cm³/mol. The summed E-state index contributed by atoms with van der Waals surface area (Å²) in [6.45, 7) is 6.37. The number of nitrogens with one attached hydrogen (secondary N) is 1. The standard InChI is InChI=1S/C18H30N4O10/c1-11(10-29-13(3)24)30-17(28-9-8-27-7-6-20-22-19)16(21-12(2)23)18(31-14(4)25)32-15(5)26/h11,16-18H,6-10H2,1-5H3,(H,21,23). The van der Waals surface area contributed by atoms with Crippen molar-refractivity contribution in [2.45, 2.75) is 59.3 Å². The third-order valence-electron chi connectivity index (χ3n) is 3.32. The molecule has 182 valence electrons. The Morgan fingerprint density at radius 2 is 1.56 bits per heavy atom. The number of amides is 1. The van der Waals surface area contributed by atoms with Crippen LogP contribution in [-0.4, -0.2) is 81.5 Å². The van der Waals surface area contributed by atoms with Crippen LogP contribution in [0.4, 0.5) is 0 Å². The fourth-order valence-corrected chi connectivity index (χ4v) is 2.20. The Morgan fingerprint density at radius 3 is 2.06 bits per heavy atom. The average molecular weight is 462 g/mol. The van der Waals surface area contributed by atoms with E-state index in [-0.39, 0.29) is 33.0 Å². The van der Waals surface area contributed by atoms with Crippen molar-refractivity contribution >= 4 is 23.8 Å². The fourth-order valence-electron chi connectivity index (χ4n) is 2.20. The maximum Gasteiger partial charge on any atom is 0.305 e. The van der Waals surface area contributed by atoms with Crippen molar-refractivity contribution in [2.75, 3.05) is 33.0 Å². The number of esters is 3. The van der Waals surface area contributed by atoms with E-state index < -0.39 is 48.5 Å². The number of azide groups is 1. The molecule has 1 N–H and O–H groups in total. The van der Waals surface area contributed by atoms with Gasteiger partial charge in [0.25, 0.3) is 6.29 Å². The summed E-state index contributed by atoms with van der Waals surface area (Å²) in [5, 5.41) is 5.80. The first-order valence-electron chi connectivity index (χ1n) is 9.67. The van der Waals surface area contributed by atoms with E-state index in [9.17, 15) is 19.2 Å². The molecule has 3 unspecified atom stereocenters. The monoisotopic (exact) mass is 462 g/mol. The molecule has 0 aliphatic heterocycles. The van der Waals surface area contributed by atoms with E-state index in [0.29, 0.717) is 0 Å². The van der Waals surface area contributed by atoms with Crippen molar-refractivity contribution in [1.82, 2.24) is 5.32 Å². The maximum atomic E-state index is 11.8. The molecule has 0 rings (SSSR count). The third-order valence-corrected chi connectivity index (χ3v) is 3.32. The van der Waals surface area contributed by atoms with Crippen molar-refractivity contribution in [3.63, 3.8) is 0 Å². The summed E-state index contributed by atoms with van der Waals surface area (Å²) < 4.78 is 31.6. The highest BCUT2D eigenvalue weighted by Gasteiger charge is 2.37. The molecule has 0 radical (unpaired) electrons. The van der Waals surface area contributed by atoms with Crippen molar-refractivity contribution in [1.29, 1.82) is 0 Å². The van der Waals surface area contributed by atoms with Gasteiger partial charge in [0, 0.05) is 39.2 Å². The molecule has 0 heterocycles. The van der Waals surface area contributed by atoms with Crippen LogP contribution in [0.1, 0.15) is 34.6 Å². The molecule has 14 heteroatoms. The number of hydrogen-bond acceptors (Lipinski definition) is 11. The lowest BCUT2D eigenvalue weighted by Crippen LogP contribution is -2.55. The highest BCUT2D eigenvalue weighted by atomic mass is 16.7. The second-order valence-corrected chi connectivity index (χ2v) is 6.37. The third kappa shape index (κ3) is 15.0. The maximum absolute atomic E-state index is 11.8. The van der Waals surface area contributed by atoms with Gasteiger partial charge in [0.2, 0.25) is 5.91 Å². The molecule has 0 aromatic carbocycles. The Morgan fingerprint density at radius 1 is 0.938 bits per heavy atom. The molecular formula is C18H30N4O10. The van der Waals surface area contributed by atoms with Crippen LogP contribution in [0, 0.1) is 0 Å². The minimum Gasteiger partial charge on any atom is -0.463 e. The Bertz CT molecular complexity index is 652. The van der Waals surface area contributed by atoms with Gasteiger partial charge in [0.1, 0.15) is 6.61 Å². The molecule has 3 atom stereocenters. The van der Waals surface area contributed by atoms with E-state index in [4.69, 9.17) is 34.0 Å². The summed E-state index contributed by atoms with van der Waals surface area (Å²) in [4.78, 5) is 48.5. The SMILES string of the molecule is CC(=O)NC(C(OC(C)=O)OC(C)=O)C(OCCOCCN=[N+]=[N-])OC(C)COC(C)=O. The van der Waals surface area contributed by atoms with Gasteiger partial charge in [0.15, 0.2) is 12.3 Å². The smallest absolute Gasteiger partial charge is 0.305 e. The second-order valence-electron chi connectivity index (χ2n) is 6.37. The van der Waals surface area contributed by atoms with Crippen molar-refractivity contribution in [3.8, 4) is 0 Å². The lowest BCUT2D eigenvalue weighted by atomic mass is 10.2. The quantitative estimate of drug-likeness (QED) is 0.0849. The molecule has 14 nitrogen and oxygen atoms in total. The van der Waals surface area contributed by atoms with Crippen molar-refractivity contribution in [2.24, 2.45) is 5.11 Å². The summed E-state index contributed by atoms with van der Waals surface area (Å²) in [6.07, 6.45) is -3.57. The zero-order chi connectivity index (χ0) is 24.5. The molecule has 0 aromatic heterocycles. The number of carbonyl (C=O) groups excluding carboxylic acids is 4. The molecular weight excluding hydrogens is 432 g/mol. The lowest BCUT2D eigenvalue weighted by Gasteiger charge is -2.33. The molecule has 1 amide bonds. The fraction of sp³-hybridized carbons (Fsp3) is 0.778. The Kier molecular flexibility index (Phi) is 15.2. The number of hydrogen-bond donors (Lipinski definition) is 1. The number of rotatable bonds is 16. The molecule has 0 aromatic rings. The van der Waals surface area contributed by atoms with Crippen LogP contribution in [0.2, 0.25) is 0 Å². The van der Waals surface area contributed by atoms with Gasteiger partial charge in [-0.05, 0) is 12.5 Å². The molecule has 0 aliphatic rings. The van der Waals surface area contributed by atoms with E-state index in [1.165, 1.54) is 13.8 Å². The summed E-state index contributed by atoms with van der Waals surface area (Å²) in [5.41, 5.74) is 8.24. The van der Waals surface area contributed by atoms with Crippen LogP contribution in [0.15, 0.2) is 5.11 Å². The van der Waals surface area contributed by atoms with E-state index in [1.54, 1.807) is 6.92 Å². The van der Waals surface area contributed by atoms with Crippen LogP contribution in [0.25, 0.3) is 10.4 Å². The first-order valence-corrected chi connectivity index (χ1v) is 9.67. The average Bonchev–Trinajstić information content (AvgIpc) is 2.67. The van der Waals surface area contributed by atoms with Gasteiger partial charge < -0.3 is 33.7 Å². The molecule has 0 saturated carbocycles. The van der Waals surface area contributed by atoms with E-state index in [2.05, 4.69) is 15.3 Å². The van der Waals surface area contributed by atoms with Gasteiger partial charge in [-0.3, -0.25) is 19.2 Å². The van der Waals surface area contributed by atoms with Crippen LogP contribution < -0.4 is 5.32 Å². The zero-order valence-electron chi connectivity index (χ0n) is 18.8. The van der Waals surface area contributed by atoms with E-state index in [0.717, 1.165) is 13.8 Å². The zero-order valence-corrected chi connectivity index (χ0v) is 18.8. The normalized spacial score (nSPS) is 13.3. The van der Waals surface area contributed by atoms with Crippen LogP contribution in [0.3, 0.4) is 0 Å². The van der Waals surface area contributed by atoms with Gasteiger partial charge in [-0.2, -0.15) is 0 Å². The van der Waals surface area contributed by atoms with Crippen LogP contribution >= 0.6 is 0 Å². The van der Waals surface area contributed by atoms with Gasteiger partial charge in [0.05, 0.1) is 25.9 Å². The Labute approximate surface area is 185 Å². The summed E-state index contributed by atoms with van der Waals surface area (Å²) >= 11 is 0. The van der Waals surface area contributed by atoms with Gasteiger partial charge in [-0.15, -0.1) is 0 Å². The minimum absolute atomic E-state index is 0.0514. The predicted octanol–water partition coefficient (Wildman–Crippen LogP) is 0.581. The van der Waals surface area contributed by atoms with Crippen LogP contribution in [0.5, 0.6) is 0 Å². The molecule has 0 spiro atoms. The van der Waals surface area contributed by atoms with Crippen LogP contribution in [-0.2, 0) is 47.6 Å². The molecule has 0 saturated heterocycles. The summed E-state index contributed by atoms with van der Waals surface area (Å²) in [7, 11) is 0.